The van der Waals surface area contributed by atoms with Gasteiger partial charge in [-0.25, -0.2) is 14.4 Å². The molecule has 8 heteroatoms. The SMILES string of the molecule is O=C(N[C@H](C(=O)O)[C@@H](O)C(=O)O)OCC1c2ccccc2-c2ccccc21. The van der Waals surface area contributed by atoms with Crippen molar-refractivity contribution in [2.45, 2.75) is 18.1 Å². The van der Waals surface area contributed by atoms with Crippen LogP contribution in [-0.2, 0) is 14.3 Å². The van der Waals surface area contributed by atoms with Crippen LogP contribution < -0.4 is 5.32 Å². The molecular weight excluding hydrogens is 354 g/mol. The molecule has 140 valence electrons. The number of ether oxygens (including phenoxy) is 1. The van der Waals surface area contributed by atoms with E-state index in [0.717, 1.165) is 22.3 Å². The fourth-order valence-corrected chi connectivity index (χ4v) is 3.19. The number of rotatable bonds is 6. The van der Waals surface area contributed by atoms with Crippen molar-refractivity contribution >= 4 is 18.0 Å². The van der Waals surface area contributed by atoms with Crippen LogP contribution in [-0.4, -0.2) is 52.1 Å². The molecule has 0 aromatic heterocycles. The lowest BCUT2D eigenvalue weighted by Gasteiger charge is -2.19. The van der Waals surface area contributed by atoms with Crippen molar-refractivity contribution in [2.24, 2.45) is 0 Å². The fourth-order valence-electron chi connectivity index (χ4n) is 3.19. The quantitative estimate of drug-likeness (QED) is 0.603. The molecule has 2 aromatic carbocycles. The monoisotopic (exact) mass is 371 g/mol. The molecule has 1 aliphatic carbocycles. The molecular formula is C19H17NO7. The maximum atomic E-state index is 12.0. The zero-order valence-electron chi connectivity index (χ0n) is 14.0. The minimum Gasteiger partial charge on any atom is -0.480 e. The van der Waals surface area contributed by atoms with E-state index in [1.54, 1.807) is 0 Å². The predicted octanol–water partition coefficient (Wildman–Crippen LogP) is 1.42. The molecule has 0 unspecified atom stereocenters. The second-order valence-electron chi connectivity index (χ2n) is 6.07. The normalized spacial score (nSPS) is 14.6. The molecule has 0 bridgehead atoms. The Balaban J connectivity index is 1.72. The van der Waals surface area contributed by atoms with E-state index < -0.39 is 30.2 Å². The summed E-state index contributed by atoms with van der Waals surface area (Å²) in [5.74, 6) is -3.67. The number of aliphatic hydroxyl groups excluding tert-OH is 1. The Morgan fingerprint density at radius 3 is 1.93 bits per heavy atom. The molecule has 0 saturated heterocycles. The van der Waals surface area contributed by atoms with Crippen molar-refractivity contribution in [3.8, 4) is 11.1 Å². The number of aliphatic carboxylic acids is 2. The van der Waals surface area contributed by atoms with Crippen LogP contribution in [0.5, 0.6) is 0 Å². The predicted molar refractivity (Wildman–Crippen MR) is 93.3 cm³/mol. The van der Waals surface area contributed by atoms with E-state index in [1.165, 1.54) is 0 Å². The summed E-state index contributed by atoms with van der Waals surface area (Å²) >= 11 is 0. The number of aliphatic hydroxyl groups is 1. The van der Waals surface area contributed by atoms with Crippen LogP contribution in [0.25, 0.3) is 11.1 Å². The average Bonchev–Trinajstić information content (AvgIpc) is 2.97. The van der Waals surface area contributed by atoms with Gasteiger partial charge in [0.1, 0.15) is 6.61 Å². The fraction of sp³-hybridized carbons (Fsp3) is 0.211. The van der Waals surface area contributed by atoms with Crippen LogP contribution in [0, 0.1) is 0 Å². The van der Waals surface area contributed by atoms with Crippen molar-refractivity contribution in [1.82, 2.24) is 5.32 Å². The molecule has 27 heavy (non-hydrogen) atoms. The molecule has 2 aromatic rings. The first-order valence-corrected chi connectivity index (χ1v) is 8.15. The van der Waals surface area contributed by atoms with Gasteiger partial charge in [0.2, 0.25) is 0 Å². The van der Waals surface area contributed by atoms with Crippen LogP contribution in [0.2, 0.25) is 0 Å². The number of carbonyl (C=O) groups excluding carboxylic acids is 1. The van der Waals surface area contributed by atoms with Gasteiger partial charge in [-0.3, -0.25) is 0 Å². The Hall–Kier alpha value is -3.39. The lowest BCUT2D eigenvalue weighted by Crippen LogP contribution is -2.52. The number of hydrogen-bond donors (Lipinski definition) is 4. The standard InChI is InChI=1S/C19H17NO7/c21-16(18(24)25)15(17(22)23)20-19(26)27-9-14-12-7-3-1-5-10(12)11-6-2-4-8-13(11)14/h1-8,14-16,21H,9H2,(H,20,26)(H,22,23)(H,24,25)/t15-,16+/m0/s1. The summed E-state index contributed by atoms with van der Waals surface area (Å²) in [5.41, 5.74) is 4.03. The second kappa shape index (κ2) is 7.46. The summed E-state index contributed by atoms with van der Waals surface area (Å²) in [6, 6.07) is 13.4. The number of amides is 1. The van der Waals surface area contributed by atoms with Crippen LogP contribution in [0.1, 0.15) is 17.0 Å². The smallest absolute Gasteiger partial charge is 0.407 e. The highest BCUT2D eigenvalue weighted by atomic mass is 16.5. The Morgan fingerprint density at radius 1 is 0.926 bits per heavy atom. The average molecular weight is 371 g/mol. The van der Waals surface area contributed by atoms with E-state index in [9.17, 15) is 19.5 Å². The van der Waals surface area contributed by atoms with E-state index >= 15 is 0 Å². The van der Waals surface area contributed by atoms with Gasteiger partial charge in [0.25, 0.3) is 0 Å². The largest absolute Gasteiger partial charge is 0.480 e. The topological polar surface area (TPSA) is 133 Å². The molecule has 8 nitrogen and oxygen atoms in total. The molecule has 0 saturated carbocycles. The number of alkyl carbamates (subject to hydrolysis) is 1. The minimum atomic E-state index is -2.29. The van der Waals surface area contributed by atoms with Gasteiger partial charge in [0.05, 0.1) is 0 Å². The van der Waals surface area contributed by atoms with E-state index in [1.807, 2.05) is 53.8 Å². The highest BCUT2D eigenvalue weighted by Crippen LogP contribution is 2.44. The van der Waals surface area contributed by atoms with Crippen molar-refractivity contribution in [2.75, 3.05) is 6.61 Å². The zero-order chi connectivity index (χ0) is 19.6. The lowest BCUT2D eigenvalue weighted by atomic mass is 9.98. The zero-order valence-corrected chi connectivity index (χ0v) is 14.0. The van der Waals surface area contributed by atoms with E-state index in [0.29, 0.717) is 0 Å². The van der Waals surface area contributed by atoms with E-state index in [-0.39, 0.29) is 12.5 Å². The minimum absolute atomic E-state index is 0.0602. The van der Waals surface area contributed by atoms with Crippen molar-refractivity contribution in [3.05, 3.63) is 59.7 Å². The third kappa shape index (κ3) is 3.61. The number of nitrogens with one attached hydrogen (secondary N) is 1. The van der Waals surface area contributed by atoms with Gasteiger partial charge in [-0.2, -0.15) is 0 Å². The van der Waals surface area contributed by atoms with E-state index in [2.05, 4.69) is 0 Å². The lowest BCUT2D eigenvalue weighted by molar-refractivity contribution is -0.155. The Labute approximate surface area is 154 Å². The van der Waals surface area contributed by atoms with Gasteiger partial charge in [-0.05, 0) is 22.3 Å². The molecule has 0 radical (unpaired) electrons. The summed E-state index contributed by atoms with van der Waals surface area (Å²) in [5, 5.41) is 29.0. The van der Waals surface area contributed by atoms with Crippen molar-refractivity contribution in [3.63, 3.8) is 0 Å². The highest BCUT2D eigenvalue weighted by Gasteiger charge is 2.35. The van der Waals surface area contributed by atoms with Gasteiger partial charge in [0, 0.05) is 5.92 Å². The molecule has 0 fully saturated rings. The van der Waals surface area contributed by atoms with Gasteiger partial charge in [-0.15, -0.1) is 0 Å². The summed E-state index contributed by atoms with van der Waals surface area (Å²) in [7, 11) is 0. The molecule has 4 N–H and O–H groups in total. The summed E-state index contributed by atoms with van der Waals surface area (Å²) in [4.78, 5) is 33.8. The molecule has 1 aliphatic rings. The maximum Gasteiger partial charge on any atom is 0.407 e. The summed E-state index contributed by atoms with van der Waals surface area (Å²) < 4.78 is 5.13. The van der Waals surface area contributed by atoms with Gasteiger partial charge in [0.15, 0.2) is 12.1 Å². The van der Waals surface area contributed by atoms with E-state index in [4.69, 9.17) is 14.9 Å². The first-order chi connectivity index (χ1) is 12.9. The molecule has 3 rings (SSSR count). The third-order valence-electron chi connectivity index (χ3n) is 4.45. The Kier molecular flexibility index (Phi) is 5.09. The number of fused-ring (bicyclic) bond motifs is 3. The molecule has 2 atom stereocenters. The van der Waals surface area contributed by atoms with Crippen LogP contribution >= 0.6 is 0 Å². The van der Waals surface area contributed by atoms with Crippen molar-refractivity contribution < 1.29 is 34.4 Å². The molecule has 0 spiro atoms. The van der Waals surface area contributed by atoms with Gasteiger partial charge >= 0.3 is 18.0 Å². The molecule has 1 amide bonds. The number of carboxylic acids is 2. The van der Waals surface area contributed by atoms with Crippen molar-refractivity contribution in [1.29, 1.82) is 0 Å². The number of benzene rings is 2. The van der Waals surface area contributed by atoms with Crippen LogP contribution in [0.3, 0.4) is 0 Å². The maximum absolute atomic E-state index is 12.0. The first kappa shape index (κ1) is 18.4. The number of carboxylic acid groups (broad SMARTS) is 2. The Morgan fingerprint density at radius 2 is 1.44 bits per heavy atom. The highest BCUT2D eigenvalue weighted by molar-refractivity contribution is 5.87. The second-order valence-corrected chi connectivity index (χ2v) is 6.07. The number of hydrogen-bond acceptors (Lipinski definition) is 5. The third-order valence-corrected chi connectivity index (χ3v) is 4.45. The summed E-state index contributed by atoms with van der Waals surface area (Å²) in [6.45, 7) is -0.0602. The molecule has 0 heterocycles. The van der Waals surface area contributed by atoms with Crippen LogP contribution in [0.15, 0.2) is 48.5 Å². The van der Waals surface area contributed by atoms with Gasteiger partial charge in [-0.1, -0.05) is 48.5 Å². The van der Waals surface area contributed by atoms with Gasteiger partial charge < -0.3 is 25.4 Å². The first-order valence-electron chi connectivity index (χ1n) is 8.15. The Bertz CT molecular complexity index is 850. The van der Waals surface area contributed by atoms with Crippen LogP contribution in [0.4, 0.5) is 4.79 Å². The molecule has 0 aliphatic heterocycles. The number of carbonyl (C=O) groups is 3. The summed E-state index contributed by atoms with van der Waals surface area (Å²) in [6.07, 6.45) is -3.41.